The summed E-state index contributed by atoms with van der Waals surface area (Å²) in [6, 6.07) is 0.475. The predicted octanol–water partition coefficient (Wildman–Crippen LogP) is 1.58. The maximum atomic E-state index is 5.62. The fourth-order valence-corrected chi connectivity index (χ4v) is 2.51. The molecule has 1 aliphatic heterocycles. The van der Waals surface area contributed by atoms with Gasteiger partial charge < -0.3 is 4.74 Å². The average molecular weight is 198 g/mol. The van der Waals surface area contributed by atoms with Crippen LogP contribution in [-0.4, -0.2) is 18.8 Å². The Hall–Kier alpha value is -0.120. The highest BCUT2D eigenvalue weighted by Crippen LogP contribution is 2.31. The van der Waals surface area contributed by atoms with Crippen LogP contribution in [0.5, 0.6) is 0 Å². The van der Waals surface area contributed by atoms with Crippen molar-refractivity contribution in [1.29, 1.82) is 0 Å². The van der Waals surface area contributed by atoms with Crippen molar-refractivity contribution in [2.45, 2.75) is 57.1 Å². The summed E-state index contributed by atoms with van der Waals surface area (Å²) >= 11 is 0. The molecule has 2 aliphatic rings. The minimum atomic E-state index is 0.469. The summed E-state index contributed by atoms with van der Waals surface area (Å²) in [6.07, 6.45) is 9.50. The van der Waals surface area contributed by atoms with E-state index in [4.69, 9.17) is 10.6 Å². The van der Waals surface area contributed by atoms with Crippen molar-refractivity contribution in [3.05, 3.63) is 0 Å². The normalized spacial score (nSPS) is 30.2. The monoisotopic (exact) mass is 198 g/mol. The maximum Gasteiger partial charge on any atom is 0.0591 e. The molecule has 3 nitrogen and oxygen atoms in total. The molecule has 3 N–H and O–H groups in total. The largest absolute Gasteiger partial charge is 0.378 e. The van der Waals surface area contributed by atoms with Crippen LogP contribution in [0.15, 0.2) is 0 Å². The lowest BCUT2D eigenvalue weighted by Crippen LogP contribution is -2.39. The molecular formula is C11H22N2O. The van der Waals surface area contributed by atoms with Crippen LogP contribution in [0.4, 0.5) is 0 Å². The fourth-order valence-electron chi connectivity index (χ4n) is 2.51. The number of ether oxygens (including phenoxy) is 1. The van der Waals surface area contributed by atoms with Crippen LogP contribution in [0, 0.1) is 5.92 Å². The third-order valence-electron chi connectivity index (χ3n) is 3.65. The van der Waals surface area contributed by atoms with Crippen molar-refractivity contribution in [3.63, 3.8) is 0 Å². The van der Waals surface area contributed by atoms with Gasteiger partial charge in [0.25, 0.3) is 0 Å². The van der Waals surface area contributed by atoms with Crippen LogP contribution in [0.25, 0.3) is 0 Å². The van der Waals surface area contributed by atoms with Crippen LogP contribution in [0.3, 0.4) is 0 Å². The Morgan fingerprint density at radius 2 is 2.07 bits per heavy atom. The van der Waals surface area contributed by atoms with Crippen molar-refractivity contribution in [2.75, 3.05) is 6.61 Å². The zero-order valence-electron chi connectivity index (χ0n) is 8.87. The predicted molar refractivity (Wildman–Crippen MR) is 56.7 cm³/mol. The van der Waals surface area contributed by atoms with Crippen molar-refractivity contribution >= 4 is 0 Å². The average Bonchev–Trinajstić information content (AvgIpc) is 2.61. The molecule has 82 valence electrons. The minimum Gasteiger partial charge on any atom is -0.378 e. The van der Waals surface area contributed by atoms with Crippen LogP contribution in [0.2, 0.25) is 0 Å². The number of hydrogen-bond donors (Lipinski definition) is 2. The van der Waals surface area contributed by atoms with E-state index < -0.39 is 0 Å². The molecule has 0 bridgehead atoms. The Morgan fingerprint density at radius 3 is 2.57 bits per heavy atom. The van der Waals surface area contributed by atoms with Crippen molar-refractivity contribution in [3.8, 4) is 0 Å². The Morgan fingerprint density at radius 1 is 1.21 bits per heavy atom. The van der Waals surface area contributed by atoms with E-state index in [0.29, 0.717) is 12.1 Å². The van der Waals surface area contributed by atoms with E-state index >= 15 is 0 Å². The Bertz CT molecular complexity index is 165. The molecule has 0 aromatic heterocycles. The maximum absolute atomic E-state index is 5.62. The van der Waals surface area contributed by atoms with E-state index in [1.54, 1.807) is 0 Å². The molecule has 2 rings (SSSR count). The van der Waals surface area contributed by atoms with E-state index in [0.717, 1.165) is 18.9 Å². The van der Waals surface area contributed by atoms with Gasteiger partial charge in [0.05, 0.1) is 6.10 Å². The van der Waals surface area contributed by atoms with Crippen LogP contribution < -0.4 is 11.3 Å². The highest BCUT2D eigenvalue weighted by atomic mass is 16.5. The second-order valence-electron chi connectivity index (χ2n) is 4.77. The van der Waals surface area contributed by atoms with Crippen LogP contribution in [0.1, 0.15) is 44.9 Å². The minimum absolute atomic E-state index is 0.469. The zero-order chi connectivity index (χ0) is 9.80. The Kier molecular flexibility index (Phi) is 3.79. The summed E-state index contributed by atoms with van der Waals surface area (Å²) in [7, 11) is 0. The summed E-state index contributed by atoms with van der Waals surface area (Å²) in [5.41, 5.74) is 2.95. The van der Waals surface area contributed by atoms with Gasteiger partial charge in [0.15, 0.2) is 0 Å². The van der Waals surface area contributed by atoms with Crippen molar-refractivity contribution in [1.82, 2.24) is 5.43 Å². The fraction of sp³-hybridized carbons (Fsp3) is 1.00. The smallest absolute Gasteiger partial charge is 0.0591 e. The lowest BCUT2D eigenvalue weighted by molar-refractivity contribution is 0.0888. The van der Waals surface area contributed by atoms with E-state index in [1.165, 1.54) is 38.5 Å². The van der Waals surface area contributed by atoms with Gasteiger partial charge in [0, 0.05) is 12.6 Å². The van der Waals surface area contributed by atoms with Gasteiger partial charge in [-0.25, -0.2) is 0 Å². The van der Waals surface area contributed by atoms with E-state index in [-0.39, 0.29) is 0 Å². The number of nitrogens with one attached hydrogen (secondary N) is 1. The van der Waals surface area contributed by atoms with E-state index in [2.05, 4.69) is 5.43 Å². The first-order chi connectivity index (χ1) is 6.88. The first-order valence-corrected chi connectivity index (χ1v) is 5.96. The molecular weight excluding hydrogens is 176 g/mol. The number of nitrogens with two attached hydrogens (primary N) is 1. The summed E-state index contributed by atoms with van der Waals surface area (Å²) in [4.78, 5) is 0. The molecule has 1 saturated heterocycles. The van der Waals surface area contributed by atoms with Gasteiger partial charge in [0.2, 0.25) is 0 Å². The first kappa shape index (κ1) is 10.4. The van der Waals surface area contributed by atoms with Gasteiger partial charge in [-0.2, -0.15) is 0 Å². The van der Waals surface area contributed by atoms with Crippen LogP contribution in [-0.2, 0) is 4.74 Å². The lowest BCUT2D eigenvalue weighted by atomic mass is 9.80. The van der Waals surface area contributed by atoms with Gasteiger partial charge in [-0.05, 0) is 31.6 Å². The quantitative estimate of drug-likeness (QED) is 0.521. The van der Waals surface area contributed by atoms with Gasteiger partial charge >= 0.3 is 0 Å². The summed E-state index contributed by atoms with van der Waals surface area (Å²) in [5.74, 6) is 6.50. The van der Waals surface area contributed by atoms with E-state index in [9.17, 15) is 0 Å². The molecule has 0 radical (unpaired) electrons. The number of hydrogen-bond acceptors (Lipinski definition) is 3. The molecule has 0 amide bonds. The zero-order valence-corrected chi connectivity index (χ0v) is 8.87. The second-order valence-corrected chi connectivity index (χ2v) is 4.77. The summed E-state index contributed by atoms with van der Waals surface area (Å²) in [6.45, 7) is 0.950. The molecule has 0 aromatic rings. The van der Waals surface area contributed by atoms with Gasteiger partial charge in [-0.1, -0.05) is 19.3 Å². The van der Waals surface area contributed by atoms with Crippen molar-refractivity contribution in [2.24, 2.45) is 11.8 Å². The summed E-state index contributed by atoms with van der Waals surface area (Å²) in [5, 5.41) is 0. The third-order valence-corrected chi connectivity index (χ3v) is 3.65. The molecule has 1 saturated carbocycles. The molecule has 2 fully saturated rings. The number of rotatable bonds is 5. The Labute approximate surface area is 86.4 Å². The van der Waals surface area contributed by atoms with Gasteiger partial charge in [-0.3, -0.25) is 11.3 Å². The molecule has 2 atom stereocenters. The number of hydrazine groups is 1. The van der Waals surface area contributed by atoms with Gasteiger partial charge in [0.1, 0.15) is 0 Å². The third kappa shape index (κ3) is 2.69. The van der Waals surface area contributed by atoms with E-state index in [1.807, 2.05) is 0 Å². The molecule has 2 unspecified atom stereocenters. The van der Waals surface area contributed by atoms with Crippen LogP contribution >= 0.6 is 0 Å². The summed E-state index contributed by atoms with van der Waals surface area (Å²) < 4.78 is 5.62. The molecule has 1 heterocycles. The van der Waals surface area contributed by atoms with Crippen molar-refractivity contribution < 1.29 is 4.74 Å². The topological polar surface area (TPSA) is 47.3 Å². The SMILES string of the molecule is NNC(CC1CCC1)CC1CCCO1. The molecule has 0 spiro atoms. The first-order valence-electron chi connectivity index (χ1n) is 5.96. The lowest BCUT2D eigenvalue weighted by Gasteiger charge is -2.30. The standard InChI is InChI=1S/C11H22N2O/c12-13-10(7-9-3-1-4-9)8-11-5-2-6-14-11/h9-11,13H,1-8,12H2. The highest BCUT2D eigenvalue weighted by molar-refractivity contribution is 4.79. The Balaban J connectivity index is 1.68. The molecule has 0 aromatic carbocycles. The molecule has 1 aliphatic carbocycles. The van der Waals surface area contributed by atoms with Gasteiger partial charge in [-0.15, -0.1) is 0 Å². The molecule has 14 heavy (non-hydrogen) atoms. The highest BCUT2D eigenvalue weighted by Gasteiger charge is 2.25. The molecule has 3 heteroatoms. The second kappa shape index (κ2) is 5.10.